The third-order valence-corrected chi connectivity index (χ3v) is 3.25. The first-order valence-corrected chi connectivity index (χ1v) is 6.21. The fourth-order valence-electron chi connectivity index (χ4n) is 2.23. The van der Waals surface area contributed by atoms with E-state index >= 15 is 0 Å². The van der Waals surface area contributed by atoms with Crippen molar-refractivity contribution in [2.45, 2.75) is 18.6 Å². The Hall–Kier alpha value is -1.62. The van der Waals surface area contributed by atoms with Crippen LogP contribution in [0.5, 0.6) is 5.75 Å². The lowest BCUT2D eigenvalue weighted by Gasteiger charge is -2.20. The lowest BCUT2D eigenvalue weighted by molar-refractivity contribution is 0.00499. The molecule has 0 radical (unpaired) electrons. The molecule has 2 atom stereocenters. The molecule has 0 bridgehead atoms. The fourth-order valence-corrected chi connectivity index (χ4v) is 2.23. The molecule has 0 fully saturated rings. The molecule has 102 valence electrons. The van der Waals surface area contributed by atoms with Crippen LogP contribution in [0.15, 0.2) is 36.4 Å². The highest BCUT2D eigenvalue weighted by Gasteiger charge is 2.20. The van der Waals surface area contributed by atoms with Crippen molar-refractivity contribution in [2.75, 3.05) is 13.7 Å². The fraction of sp³-hybridized carbons (Fsp3) is 0.333. The smallest absolute Gasteiger partial charge is 0.126 e. The van der Waals surface area contributed by atoms with Crippen molar-refractivity contribution < 1.29 is 20.1 Å². The first kappa shape index (κ1) is 13.8. The predicted molar refractivity (Wildman–Crippen MR) is 73.2 cm³/mol. The van der Waals surface area contributed by atoms with Crippen LogP contribution in [0.4, 0.5) is 0 Å². The number of methoxy groups -OCH3 is 1. The highest BCUT2D eigenvalue weighted by atomic mass is 16.5. The molecule has 0 aliphatic rings. The normalized spacial score (nSPS) is 14.3. The summed E-state index contributed by atoms with van der Waals surface area (Å²) in [6.45, 7) is -0.160. The number of aliphatic hydroxyl groups is 3. The number of aliphatic hydroxyl groups excluding tert-OH is 3. The second-order valence-electron chi connectivity index (χ2n) is 4.43. The second-order valence-corrected chi connectivity index (χ2v) is 4.43. The zero-order valence-corrected chi connectivity index (χ0v) is 10.8. The van der Waals surface area contributed by atoms with Gasteiger partial charge in [0.15, 0.2) is 0 Å². The van der Waals surface area contributed by atoms with Crippen molar-refractivity contribution >= 4 is 10.8 Å². The van der Waals surface area contributed by atoms with E-state index in [0.29, 0.717) is 5.56 Å². The molecule has 0 spiro atoms. The zero-order valence-electron chi connectivity index (χ0n) is 10.8. The van der Waals surface area contributed by atoms with E-state index in [-0.39, 0.29) is 13.0 Å². The van der Waals surface area contributed by atoms with E-state index in [4.69, 9.17) is 9.84 Å². The molecule has 2 rings (SSSR count). The van der Waals surface area contributed by atoms with E-state index in [1.165, 1.54) is 0 Å². The quantitative estimate of drug-likeness (QED) is 0.766. The molecule has 3 N–H and O–H groups in total. The molecule has 0 heterocycles. The maximum absolute atomic E-state index is 10.2. The molecule has 4 heteroatoms. The molecule has 2 unspecified atom stereocenters. The van der Waals surface area contributed by atoms with Crippen LogP contribution in [0, 0.1) is 0 Å². The van der Waals surface area contributed by atoms with Gasteiger partial charge in [0.1, 0.15) is 11.9 Å². The molecule has 19 heavy (non-hydrogen) atoms. The minimum absolute atomic E-state index is 0.140. The Bertz CT molecular complexity index is 553. The Morgan fingerprint density at radius 3 is 2.37 bits per heavy atom. The van der Waals surface area contributed by atoms with Crippen molar-refractivity contribution in [1.82, 2.24) is 0 Å². The number of rotatable bonds is 5. The molecule has 4 nitrogen and oxygen atoms in total. The molecule has 0 amide bonds. The summed E-state index contributed by atoms with van der Waals surface area (Å²) in [6.07, 6.45) is -1.87. The van der Waals surface area contributed by atoms with Crippen molar-refractivity contribution in [2.24, 2.45) is 0 Å². The van der Waals surface area contributed by atoms with Crippen LogP contribution in [0.3, 0.4) is 0 Å². The summed E-state index contributed by atoms with van der Waals surface area (Å²) < 4.78 is 5.29. The van der Waals surface area contributed by atoms with Gasteiger partial charge in [0.05, 0.1) is 13.2 Å². The van der Waals surface area contributed by atoms with Gasteiger partial charge in [-0.1, -0.05) is 30.3 Å². The van der Waals surface area contributed by atoms with Gasteiger partial charge in [-0.3, -0.25) is 0 Å². The van der Waals surface area contributed by atoms with Gasteiger partial charge in [0, 0.05) is 12.0 Å². The number of hydrogen-bond acceptors (Lipinski definition) is 4. The Labute approximate surface area is 111 Å². The van der Waals surface area contributed by atoms with Crippen LogP contribution in [0.25, 0.3) is 10.8 Å². The van der Waals surface area contributed by atoms with Gasteiger partial charge in [0.25, 0.3) is 0 Å². The Morgan fingerprint density at radius 1 is 1.05 bits per heavy atom. The van der Waals surface area contributed by atoms with Crippen LogP contribution in [-0.4, -0.2) is 35.1 Å². The Kier molecular flexibility index (Phi) is 4.37. The number of benzene rings is 2. The van der Waals surface area contributed by atoms with Gasteiger partial charge in [-0.15, -0.1) is 0 Å². The molecule has 0 aromatic heterocycles. The lowest BCUT2D eigenvalue weighted by Crippen LogP contribution is -2.19. The second kappa shape index (κ2) is 6.02. The zero-order chi connectivity index (χ0) is 13.8. The summed E-state index contributed by atoms with van der Waals surface area (Å²) in [5, 5.41) is 30.6. The average Bonchev–Trinajstić information content (AvgIpc) is 2.45. The minimum Gasteiger partial charge on any atom is -0.496 e. The summed E-state index contributed by atoms with van der Waals surface area (Å²) >= 11 is 0. The maximum atomic E-state index is 10.2. The Morgan fingerprint density at radius 2 is 1.74 bits per heavy atom. The first-order chi connectivity index (χ1) is 9.19. The van der Waals surface area contributed by atoms with E-state index in [0.717, 1.165) is 16.5 Å². The minimum atomic E-state index is -1.03. The number of fused-ring (bicyclic) bond motifs is 1. The van der Waals surface area contributed by atoms with E-state index in [1.807, 2.05) is 24.3 Å². The highest BCUT2D eigenvalue weighted by Crippen LogP contribution is 2.32. The summed E-state index contributed by atoms with van der Waals surface area (Å²) in [5.41, 5.74) is 0.636. The monoisotopic (exact) mass is 262 g/mol. The highest BCUT2D eigenvalue weighted by molar-refractivity contribution is 5.91. The maximum Gasteiger partial charge on any atom is 0.126 e. The molecule has 0 saturated carbocycles. The summed E-state index contributed by atoms with van der Waals surface area (Å²) in [4.78, 5) is 0. The molecule has 0 aliphatic heterocycles. The number of ether oxygens (including phenoxy) is 1. The molecular formula is C15H18O4. The molecule has 2 aromatic carbocycles. The summed E-state index contributed by atoms with van der Waals surface area (Å²) in [7, 11) is 1.60. The van der Waals surface area contributed by atoms with Crippen molar-refractivity contribution in [3.63, 3.8) is 0 Å². The van der Waals surface area contributed by atoms with E-state index in [9.17, 15) is 10.2 Å². The summed E-state index contributed by atoms with van der Waals surface area (Å²) in [5.74, 6) is 0.725. The third kappa shape index (κ3) is 2.71. The van der Waals surface area contributed by atoms with Gasteiger partial charge < -0.3 is 20.1 Å². The molecule has 0 aliphatic carbocycles. The topological polar surface area (TPSA) is 69.9 Å². The van der Waals surface area contributed by atoms with Gasteiger partial charge in [0.2, 0.25) is 0 Å². The van der Waals surface area contributed by atoms with Gasteiger partial charge in [-0.2, -0.15) is 0 Å². The average molecular weight is 262 g/mol. The van der Waals surface area contributed by atoms with Crippen LogP contribution < -0.4 is 4.74 Å². The van der Waals surface area contributed by atoms with Crippen molar-refractivity contribution in [1.29, 1.82) is 0 Å². The van der Waals surface area contributed by atoms with Crippen LogP contribution in [-0.2, 0) is 0 Å². The largest absolute Gasteiger partial charge is 0.496 e. The van der Waals surface area contributed by atoms with Gasteiger partial charge in [-0.05, 0) is 23.4 Å². The van der Waals surface area contributed by atoms with Gasteiger partial charge >= 0.3 is 0 Å². The molecular weight excluding hydrogens is 244 g/mol. The molecule has 0 saturated heterocycles. The van der Waals surface area contributed by atoms with E-state index in [2.05, 4.69) is 0 Å². The van der Waals surface area contributed by atoms with Crippen molar-refractivity contribution in [3.05, 3.63) is 42.0 Å². The standard InChI is InChI=1S/C15H18O4/c1-19-14-7-6-12(15(18)13(17)8-9-16)10-4-2-3-5-11(10)14/h2-7,13,15-18H,8-9H2,1H3. The lowest BCUT2D eigenvalue weighted by atomic mass is 9.96. The number of hydrogen-bond donors (Lipinski definition) is 3. The van der Waals surface area contributed by atoms with E-state index in [1.54, 1.807) is 19.2 Å². The predicted octanol–water partition coefficient (Wildman–Crippen LogP) is 1.63. The summed E-state index contributed by atoms with van der Waals surface area (Å²) in [6, 6.07) is 11.1. The van der Waals surface area contributed by atoms with Gasteiger partial charge in [-0.25, -0.2) is 0 Å². The first-order valence-electron chi connectivity index (χ1n) is 6.21. The SMILES string of the molecule is COc1ccc(C(O)C(O)CCO)c2ccccc12. The third-order valence-electron chi connectivity index (χ3n) is 3.25. The Balaban J connectivity index is 2.50. The van der Waals surface area contributed by atoms with Crippen LogP contribution in [0.2, 0.25) is 0 Å². The van der Waals surface area contributed by atoms with Crippen LogP contribution >= 0.6 is 0 Å². The van der Waals surface area contributed by atoms with E-state index < -0.39 is 12.2 Å². The van der Waals surface area contributed by atoms with Crippen molar-refractivity contribution in [3.8, 4) is 5.75 Å². The van der Waals surface area contributed by atoms with Crippen LogP contribution in [0.1, 0.15) is 18.1 Å². The molecule has 2 aromatic rings.